The van der Waals surface area contributed by atoms with Gasteiger partial charge in [-0.1, -0.05) is 0 Å². The van der Waals surface area contributed by atoms with Gasteiger partial charge in [0.15, 0.2) is 0 Å². The fraction of sp³-hybridized carbons (Fsp3) is 0.444. The first-order chi connectivity index (χ1) is 12.2. The number of fused-ring (bicyclic) bond motifs is 2. The maximum atomic E-state index is 4.58. The van der Waals surface area contributed by atoms with Crippen molar-refractivity contribution in [1.29, 1.82) is 0 Å². The van der Waals surface area contributed by atoms with Crippen molar-refractivity contribution in [3.63, 3.8) is 0 Å². The van der Waals surface area contributed by atoms with Crippen molar-refractivity contribution < 1.29 is 0 Å². The van der Waals surface area contributed by atoms with Gasteiger partial charge in [0.05, 0.1) is 10.2 Å². The smallest absolute Gasteiger partial charge is 0.150 e. The number of nitrogens with zero attached hydrogens (tertiary/aromatic N) is 6. The topological polar surface area (TPSA) is 58.0 Å². The molecule has 2 saturated heterocycles. The lowest BCUT2D eigenvalue weighted by atomic mass is 10.0. The highest BCUT2D eigenvalue weighted by Crippen LogP contribution is 2.38. The quantitative estimate of drug-likeness (QED) is 0.707. The van der Waals surface area contributed by atoms with Crippen LogP contribution >= 0.6 is 11.3 Å². The molecule has 2 aliphatic heterocycles. The number of hydrogen-bond donors (Lipinski definition) is 0. The predicted molar refractivity (Wildman–Crippen MR) is 100 cm³/mol. The first-order valence-corrected chi connectivity index (χ1v) is 9.55. The van der Waals surface area contributed by atoms with Gasteiger partial charge in [-0.2, -0.15) is 0 Å². The number of rotatable bonds is 2. The number of aryl methyl sites for hydroxylation is 1. The molecule has 0 radical (unpaired) electrons. The third kappa shape index (κ3) is 2.37. The van der Waals surface area contributed by atoms with Gasteiger partial charge >= 0.3 is 0 Å². The minimum absolute atomic E-state index is 0.666. The van der Waals surface area contributed by atoms with Gasteiger partial charge in [-0.05, 0) is 25.3 Å². The van der Waals surface area contributed by atoms with Gasteiger partial charge in [-0.25, -0.2) is 19.9 Å². The lowest BCUT2D eigenvalue weighted by Crippen LogP contribution is -2.30. The lowest BCUT2D eigenvalue weighted by Gasteiger charge is -2.24. The van der Waals surface area contributed by atoms with E-state index in [2.05, 4.69) is 55.0 Å². The average molecular weight is 352 g/mol. The third-order valence-corrected chi connectivity index (χ3v) is 6.52. The van der Waals surface area contributed by atoms with Crippen LogP contribution < -0.4 is 9.80 Å². The number of thiophene rings is 1. The van der Waals surface area contributed by atoms with Crippen LogP contribution in [0.2, 0.25) is 0 Å². The molecule has 2 aliphatic rings. The van der Waals surface area contributed by atoms with Gasteiger partial charge in [0, 0.05) is 49.3 Å². The number of hydrogen-bond acceptors (Lipinski definition) is 7. The summed E-state index contributed by atoms with van der Waals surface area (Å²) < 4.78 is 1.21. The van der Waals surface area contributed by atoms with Gasteiger partial charge < -0.3 is 9.80 Å². The van der Waals surface area contributed by atoms with Gasteiger partial charge in [0.1, 0.15) is 24.3 Å². The van der Waals surface area contributed by atoms with Crippen molar-refractivity contribution in [3.05, 3.63) is 35.4 Å². The molecule has 0 N–H and O–H groups in total. The van der Waals surface area contributed by atoms with E-state index < -0.39 is 0 Å². The van der Waals surface area contributed by atoms with Crippen molar-refractivity contribution in [2.45, 2.75) is 13.8 Å². The van der Waals surface area contributed by atoms with Crippen molar-refractivity contribution in [2.75, 3.05) is 36.0 Å². The van der Waals surface area contributed by atoms with E-state index in [-0.39, 0.29) is 0 Å². The fourth-order valence-electron chi connectivity index (χ4n) is 4.18. The second kappa shape index (κ2) is 5.62. The van der Waals surface area contributed by atoms with Crippen LogP contribution in [0.25, 0.3) is 10.2 Å². The van der Waals surface area contributed by atoms with Crippen LogP contribution in [0.3, 0.4) is 0 Å². The van der Waals surface area contributed by atoms with E-state index in [0.717, 1.165) is 49.0 Å². The van der Waals surface area contributed by atoms with Crippen molar-refractivity contribution >= 4 is 33.2 Å². The van der Waals surface area contributed by atoms with Gasteiger partial charge in [-0.3, -0.25) is 0 Å². The molecule has 0 aliphatic carbocycles. The van der Waals surface area contributed by atoms with Crippen LogP contribution in [0.5, 0.6) is 0 Å². The predicted octanol–water partition coefficient (Wildman–Crippen LogP) is 2.67. The molecule has 0 saturated carbocycles. The Kier molecular flexibility index (Phi) is 3.38. The Morgan fingerprint density at radius 2 is 1.52 bits per heavy atom. The molecule has 2 atom stereocenters. The lowest BCUT2D eigenvalue weighted by molar-refractivity contribution is 0.533. The molecule has 6 nitrogen and oxygen atoms in total. The maximum Gasteiger partial charge on any atom is 0.150 e. The van der Waals surface area contributed by atoms with E-state index in [9.17, 15) is 0 Å². The summed E-state index contributed by atoms with van der Waals surface area (Å²) in [5.41, 5.74) is 3.33. The van der Waals surface area contributed by atoms with Crippen LogP contribution in [-0.2, 0) is 0 Å². The van der Waals surface area contributed by atoms with Crippen LogP contribution in [0, 0.1) is 25.7 Å². The summed E-state index contributed by atoms with van der Waals surface area (Å²) in [6.07, 6.45) is 3.38. The maximum absolute atomic E-state index is 4.58. The van der Waals surface area contributed by atoms with Crippen LogP contribution in [0.4, 0.5) is 11.6 Å². The summed E-state index contributed by atoms with van der Waals surface area (Å²) in [7, 11) is 0. The SMILES string of the molecule is Cc1ncnc(N2CC3CN(c4ncnc5ccsc45)CC3C2)c1C. The molecule has 0 amide bonds. The zero-order valence-corrected chi connectivity index (χ0v) is 15.2. The van der Waals surface area contributed by atoms with E-state index in [0.29, 0.717) is 11.8 Å². The Bertz CT molecular complexity index is 924. The second-order valence-corrected chi connectivity index (χ2v) is 7.99. The molecule has 2 unspecified atom stereocenters. The van der Waals surface area contributed by atoms with E-state index in [4.69, 9.17) is 0 Å². The molecular formula is C18H20N6S. The molecule has 3 aromatic rings. The highest BCUT2D eigenvalue weighted by molar-refractivity contribution is 7.17. The zero-order chi connectivity index (χ0) is 17.0. The highest BCUT2D eigenvalue weighted by atomic mass is 32.1. The third-order valence-electron chi connectivity index (χ3n) is 5.62. The first-order valence-electron chi connectivity index (χ1n) is 8.67. The Labute approximate surface area is 150 Å². The number of anilines is 2. The van der Waals surface area contributed by atoms with Gasteiger partial charge in [0.2, 0.25) is 0 Å². The largest absolute Gasteiger partial charge is 0.356 e. The van der Waals surface area contributed by atoms with Crippen molar-refractivity contribution in [3.8, 4) is 0 Å². The van der Waals surface area contributed by atoms with E-state index in [1.165, 1.54) is 10.3 Å². The normalized spacial score (nSPS) is 22.8. The molecule has 3 aromatic heterocycles. The molecule has 7 heteroatoms. The minimum atomic E-state index is 0.666. The Balaban J connectivity index is 1.37. The molecule has 0 spiro atoms. The number of aromatic nitrogens is 4. The summed E-state index contributed by atoms with van der Waals surface area (Å²) in [6, 6.07) is 2.07. The second-order valence-electron chi connectivity index (χ2n) is 7.07. The molecule has 25 heavy (non-hydrogen) atoms. The average Bonchev–Trinajstić information content (AvgIpc) is 3.30. The minimum Gasteiger partial charge on any atom is -0.356 e. The van der Waals surface area contributed by atoms with Crippen LogP contribution in [0.1, 0.15) is 11.3 Å². The molecule has 0 aromatic carbocycles. The first kappa shape index (κ1) is 15.0. The summed E-state index contributed by atoms with van der Waals surface area (Å²) in [6.45, 7) is 8.44. The van der Waals surface area contributed by atoms with E-state index >= 15 is 0 Å². The van der Waals surface area contributed by atoms with Gasteiger partial charge in [0.25, 0.3) is 0 Å². The molecule has 0 bridgehead atoms. The van der Waals surface area contributed by atoms with Crippen LogP contribution in [0.15, 0.2) is 24.1 Å². The fourth-order valence-corrected chi connectivity index (χ4v) is 5.05. The Morgan fingerprint density at radius 1 is 0.880 bits per heavy atom. The monoisotopic (exact) mass is 352 g/mol. The summed E-state index contributed by atoms with van der Waals surface area (Å²) in [5.74, 6) is 3.55. The summed E-state index contributed by atoms with van der Waals surface area (Å²) in [5, 5.41) is 2.10. The standard InChI is InChI=1S/C18H20N6S/c1-11-12(2)19-9-21-17(11)23-5-13-7-24(8-14(13)6-23)18-16-15(3-4-25-16)20-10-22-18/h3-4,9-10,13-14H,5-8H2,1-2H3. The van der Waals surface area contributed by atoms with Gasteiger partial charge in [-0.15, -0.1) is 11.3 Å². The highest BCUT2D eigenvalue weighted by Gasteiger charge is 2.41. The summed E-state index contributed by atoms with van der Waals surface area (Å²) >= 11 is 1.74. The Morgan fingerprint density at radius 3 is 2.28 bits per heavy atom. The molecule has 128 valence electrons. The van der Waals surface area contributed by atoms with E-state index in [1.807, 2.05) is 0 Å². The van der Waals surface area contributed by atoms with E-state index in [1.54, 1.807) is 24.0 Å². The van der Waals surface area contributed by atoms with Crippen LogP contribution in [-0.4, -0.2) is 46.1 Å². The Hall–Kier alpha value is -2.28. The molecule has 5 rings (SSSR count). The molecule has 5 heterocycles. The van der Waals surface area contributed by atoms with Crippen molar-refractivity contribution in [1.82, 2.24) is 19.9 Å². The molecular weight excluding hydrogens is 332 g/mol. The summed E-state index contributed by atoms with van der Waals surface area (Å²) in [4.78, 5) is 22.7. The zero-order valence-electron chi connectivity index (χ0n) is 14.4. The molecule has 2 fully saturated rings. The van der Waals surface area contributed by atoms with Crippen molar-refractivity contribution in [2.24, 2.45) is 11.8 Å².